The molecule has 2 aromatic heterocycles. The number of ether oxygens (including phenoxy) is 2. The number of fused-ring (bicyclic) bond motifs is 3. The molecule has 8 heteroatoms. The van der Waals surface area contributed by atoms with Gasteiger partial charge in [-0.3, -0.25) is 0 Å². The van der Waals surface area contributed by atoms with E-state index in [0.717, 1.165) is 48.6 Å². The highest BCUT2D eigenvalue weighted by molar-refractivity contribution is 5.71. The van der Waals surface area contributed by atoms with Crippen molar-refractivity contribution in [2.24, 2.45) is 0 Å². The Labute approximate surface area is 193 Å². The smallest absolute Gasteiger partial charge is 0.229 e. The zero-order chi connectivity index (χ0) is 23.1. The van der Waals surface area contributed by atoms with Gasteiger partial charge in [-0.05, 0) is 25.0 Å². The first-order valence-corrected chi connectivity index (χ1v) is 11.3. The van der Waals surface area contributed by atoms with E-state index in [-0.39, 0.29) is 12.1 Å². The fourth-order valence-corrected chi connectivity index (χ4v) is 4.81. The molecule has 0 radical (unpaired) electrons. The zero-order valence-corrected chi connectivity index (χ0v) is 19.5. The lowest BCUT2D eigenvalue weighted by Crippen LogP contribution is -2.37. The topological polar surface area (TPSA) is 85.5 Å². The molecule has 2 aliphatic heterocycles. The predicted molar refractivity (Wildman–Crippen MR) is 127 cm³/mol. The molecular weight excluding hydrogens is 418 g/mol. The Morgan fingerprint density at radius 3 is 2.82 bits per heavy atom. The van der Waals surface area contributed by atoms with Gasteiger partial charge in [0, 0.05) is 44.3 Å². The summed E-state index contributed by atoms with van der Waals surface area (Å²) >= 11 is 0. The standard InChI is InChI=1S/C25H29N5O3/c1-6-20-19-9-14(2)21-11-17(31-4)13-30(21)24(19)29-25(28-20)27-16-7-8-18(22(10-16)32-5)23-12-26-15(3)33-23/h7-8,10,12,17,21H,2,6,9,11,13H2,1,3-5H3,(H,27,28,29). The summed E-state index contributed by atoms with van der Waals surface area (Å²) in [5, 5.41) is 3.37. The predicted octanol–water partition coefficient (Wildman–Crippen LogP) is 4.46. The van der Waals surface area contributed by atoms with E-state index in [1.165, 1.54) is 11.1 Å². The molecule has 4 heterocycles. The maximum Gasteiger partial charge on any atom is 0.229 e. The molecular formula is C25H29N5O3. The van der Waals surface area contributed by atoms with Gasteiger partial charge in [-0.1, -0.05) is 19.1 Å². The summed E-state index contributed by atoms with van der Waals surface area (Å²) in [7, 11) is 3.41. The lowest BCUT2D eigenvalue weighted by atomic mass is 9.92. The number of hydrogen-bond acceptors (Lipinski definition) is 8. The Bertz CT molecular complexity index is 1200. The van der Waals surface area contributed by atoms with Crippen molar-refractivity contribution in [2.75, 3.05) is 31.0 Å². The largest absolute Gasteiger partial charge is 0.496 e. The van der Waals surface area contributed by atoms with E-state index in [0.29, 0.717) is 23.3 Å². The van der Waals surface area contributed by atoms with Gasteiger partial charge in [0.05, 0.1) is 36.7 Å². The maximum absolute atomic E-state index is 5.67. The van der Waals surface area contributed by atoms with Crippen molar-refractivity contribution in [3.05, 3.63) is 53.7 Å². The molecule has 1 saturated heterocycles. The molecule has 1 N–H and O–H groups in total. The summed E-state index contributed by atoms with van der Waals surface area (Å²) in [6.45, 7) is 9.11. The van der Waals surface area contributed by atoms with E-state index in [1.807, 2.05) is 25.1 Å². The third-order valence-corrected chi connectivity index (χ3v) is 6.49. The van der Waals surface area contributed by atoms with E-state index in [2.05, 4.69) is 28.7 Å². The number of nitrogens with zero attached hydrogens (tertiary/aromatic N) is 4. The van der Waals surface area contributed by atoms with Gasteiger partial charge in [0.25, 0.3) is 0 Å². The van der Waals surface area contributed by atoms with Crippen LogP contribution in [0.5, 0.6) is 5.75 Å². The Balaban J connectivity index is 1.49. The van der Waals surface area contributed by atoms with Crippen LogP contribution in [0.15, 0.2) is 41.0 Å². The zero-order valence-electron chi connectivity index (χ0n) is 19.5. The first-order valence-electron chi connectivity index (χ1n) is 11.3. The molecule has 2 unspecified atom stereocenters. The fraction of sp³-hybridized carbons (Fsp3) is 0.400. The van der Waals surface area contributed by atoms with Crippen molar-refractivity contribution in [1.82, 2.24) is 15.0 Å². The highest BCUT2D eigenvalue weighted by Gasteiger charge is 2.40. The van der Waals surface area contributed by atoms with Gasteiger partial charge in [-0.2, -0.15) is 4.98 Å². The van der Waals surface area contributed by atoms with Crippen LogP contribution in [0.3, 0.4) is 0 Å². The average Bonchev–Trinajstić information content (AvgIpc) is 3.46. The van der Waals surface area contributed by atoms with Crippen LogP contribution in [0, 0.1) is 6.92 Å². The van der Waals surface area contributed by atoms with Crippen LogP contribution in [0.4, 0.5) is 17.5 Å². The number of anilines is 3. The maximum atomic E-state index is 5.67. The van der Waals surface area contributed by atoms with Gasteiger partial charge in [-0.15, -0.1) is 0 Å². The van der Waals surface area contributed by atoms with E-state index in [9.17, 15) is 0 Å². The first-order chi connectivity index (χ1) is 16.0. The molecule has 3 aromatic rings. The summed E-state index contributed by atoms with van der Waals surface area (Å²) in [6, 6.07) is 6.10. The molecule has 2 aliphatic rings. The van der Waals surface area contributed by atoms with Gasteiger partial charge in [0.1, 0.15) is 11.6 Å². The van der Waals surface area contributed by atoms with E-state index in [1.54, 1.807) is 20.4 Å². The van der Waals surface area contributed by atoms with Crippen molar-refractivity contribution in [3.63, 3.8) is 0 Å². The van der Waals surface area contributed by atoms with Crippen LogP contribution in [0.25, 0.3) is 11.3 Å². The second kappa shape index (κ2) is 8.51. The van der Waals surface area contributed by atoms with Gasteiger partial charge in [-0.25, -0.2) is 9.97 Å². The Kier molecular flexibility index (Phi) is 5.54. The molecule has 0 bridgehead atoms. The molecule has 1 aromatic carbocycles. The summed E-state index contributed by atoms with van der Waals surface area (Å²) in [5.74, 6) is 3.53. The van der Waals surface area contributed by atoms with Crippen molar-refractivity contribution in [1.29, 1.82) is 0 Å². The summed E-state index contributed by atoms with van der Waals surface area (Å²) in [4.78, 5) is 16.3. The fourth-order valence-electron chi connectivity index (χ4n) is 4.81. The second-order valence-electron chi connectivity index (χ2n) is 8.53. The van der Waals surface area contributed by atoms with E-state index in [4.69, 9.17) is 23.9 Å². The summed E-state index contributed by atoms with van der Waals surface area (Å²) < 4.78 is 16.9. The number of nitrogens with one attached hydrogen (secondary N) is 1. The highest BCUT2D eigenvalue weighted by atomic mass is 16.5. The van der Waals surface area contributed by atoms with Gasteiger partial charge >= 0.3 is 0 Å². The quantitative estimate of drug-likeness (QED) is 0.555. The van der Waals surface area contributed by atoms with Crippen LogP contribution >= 0.6 is 0 Å². The van der Waals surface area contributed by atoms with Gasteiger partial charge in [0.2, 0.25) is 5.95 Å². The van der Waals surface area contributed by atoms with Gasteiger partial charge in [0.15, 0.2) is 11.7 Å². The monoisotopic (exact) mass is 447 g/mol. The normalized spacial score (nSPS) is 19.4. The first kappa shape index (κ1) is 21.5. The minimum atomic E-state index is 0.186. The number of oxazole rings is 1. The Hall–Kier alpha value is -3.39. The molecule has 1 fully saturated rings. The molecule has 5 rings (SSSR count). The minimum Gasteiger partial charge on any atom is -0.496 e. The van der Waals surface area contributed by atoms with Crippen LogP contribution < -0.4 is 15.0 Å². The highest BCUT2D eigenvalue weighted by Crippen LogP contribution is 2.40. The number of benzene rings is 1. The number of hydrogen-bond donors (Lipinski definition) is 1. The SMILES string of the molecule is C=C1Cc2c(CC)nc(Nc3ccc(-c4cnc(C)o4)c(OC)c3)nc2N2CC(OC)CC12. The summed E-state index contributed by atoms with van der Waals surface area (Å²) in [6.07, 6.45) is 4.48. The molecule has 8 nitrogen and oxygen atoms in total. The molecule has 2 atom stereocenters. The molecule has 172 valence electrons. The Morgan fingerprint density at radius 2 is 2.12 bits per heavy atom. The van der Waals surface area contributed by atoms with E-state index >= 15 is 0 Å². The lowest BCUT2D eigenvalue weighted by Gasteiger charge is -2.34. The second-order valence-corrected chi connectivity index (χ2v) is 8.53. The molecule has 0 aliphatic carbocycles. The summed E-state index contributed by atoms with van der Waals surface area (Å²) in [5.41, 5.74) is 5.11. The van der Waals surface area contributed by atoms with Crippen molar-refractivity contribution in [3.8, 4) is 17.1 Å². The van der Waals surface area contributed by atoms with Crippen molar-refractivity contribution >= 4 is 17.5 Å². The van der Waals surface area contributed by atoms with Crippen LogP contribution in [0.1, 0.15) is 30.5 Å². The molecule has 33 heavy (non-hydrogen) atoms. The number of aromatic nitrogens is 3. The van der Waals surface area contributed by atoms with Crippen molar-refractivity contribution < 1.29 is 13.9 Å². The molecule has 0 saturated carbocycles. The molecule has 0 amide bonds. The van der Waals surface area contributed by atoms with E-state index < -0.39 is 0 Å². The lowest BCUT2D eigenvalue weighted by molar-refractivity contribution is 0.119. The Morgan fingerprint density at radius 1 is 1.27 bits per heavy atom. The van der Waals surface area contributed by atoms with Crippen molar-refractivity contribution in [2.45, 2.75) is 45.3 Å². The third kappa shape index (κ3) is 3.84. The minimum absolute atomic E-state index is 0.186. The van der Waals surface area contributed by atoms with Crippen LogP contribution in [-0.4, -0.2) is 47.9 Å². The molecule has 0 spiro atoms. The van der Waals surface area contributed by atoms with Crippen LogP contribution in [-0.2, 0) is 17.6 Å². The number of methoxy groups -OCH3 is 2. The van der Waals surface area contributed by atoms with Gasteiger partial charge < -0.3 is 24.1 Å². The van der Waals surface area contributed by atoms with Crippen LogP contribution in [0.2, 0.25) is 0 Å². The third-order valence-electron chi connectivity index (χ3n) is 6.49. The average molecular weight is 448 g/mol. The number of rotatable bonds is 6. The number of aryl methyl sites for hydroxylation is 2.